The van der Waals surface area contributed by atoms with E-state index in [1.807, 2.05) is 0 Å². The maximum Gasteiger partial charge on any atom is 0.326 e. The molecule has 0 aromatic carbocycles. The number of nitrogens with two attached hydrogens (primary N) is 2. The van der Waals surface area contributed by atoms with Gasteiger partial charge in [-0.1, -0.05) is 13.8 Å². The van der Waals surface area contributed by atoms with Crippen molar-refractivity contribution in [2.45, 2.75) is 45.2 Å². The SMILES string of the molecule is CC(C)C(NC(=O)CN)C(=O)NCC(=O)NC(CCCCN)C(=O)O. The molecule has 0 rings (SSSR count). The predicted molar refractivity (Wildman–Crippen MR) is 91.3 cm³/mol. The van der Waals surface area contributed by atoms with Crippen LogP contribution in [0.1, 0.15) is 33.1 Å². The molecule has 144 valence electrons. The number of amides is 3. The van der Waals surface area contributed by atoms with Crippen LogP contribution in [0, 0.1) is 5.92 Å². The normalized spacial score (nSPS) is 13.0. The number of unbranched alkanes of at least 4 members (excludes halogenated alkanes) is 1. The summed E-state index contributed by atoms with van der Waals surface area (Å²) in [7, 11) is 0. The second kappa shape index (κ2) is 12.2. The zero-order valence-corrected chi connectivity index (χ0v) is 14.7. The lowest BCUT2D eigenvalue weighted by Crippen LogP contribution is -2.53. The fraction of sp³-hybridized carbons (Fsp3) is 0.733. The summed E-state index contributed by atoms with van der Waals surface area (Å²) < 4.78 is 0. The molecule has 0 fully saturated rings. The predicted octanol–water partition coefficient (Wildman–Crippen LogP) is -2.10. The van der Waals surface area contributed by atoms with Gasteiger partial charge in [0, 0.05) is 0 Å². The Balaban J connectivity index is 4.50. The van der Waals surface area contributed by atoms with Gasteiger partial charge in [-0.25, -0.2) is 4.79 Å². The summed E-state index contributed by atoms with van der Waals surface area (Å²) in [5.74, 6) is -3.00. The molecule has 0 bridgehead atoms. The Morgan fingerprint density at radius 3 is 2.12 bits per heavy atom. The molecule has 0 aliphatic heterocycles. The number of carbonyl (C=O) groups is 4. The van der Waals surface area contributed by atoms with Gasteiger partial charge in [-0.15, -0.1) is 0 Å². The van der Waals surface area contributed by atoms with Gasteiger partial charge in [-0.2, -0.15) is 0 Å². The number of nitrogens with one attached hydrogen (secondary N) is 3. The van der Waals surface area contributed by atoms with Crippen LogP contribution in [-0.4, -0.2) is 60.5 Å². The molecule has 10 heteroatoms. The molecule has 25 heavy (non-hydrogen) atoms. The van der Waals surface area contributed by atoms with Gasteiger partial charge in [0.15, 0.2) is 0 Å². The minimum atomic E-state index is -1.15. The second-order valence-corrected chi connectivity index (χ2v) is 5.95. The largest absolute Gasteiger partial charge is 0.480 e. The van der Waals surface area contributed by atoms with E-state index in [2.05, 4.69) is 16.0 Å². The molecule has 0 spiro atoms. The number of hydrogen-bond acceptors (Lipinski definition) is 6. The minimum Gasteiger partial charge on any atom is -0.480 e. The molecule has 2 atom stereocenters. The number of carboxylic acid groups (broad SMARTS) is 1. The third kappa shape index (κ3) is 9.62. The Morgan fingerprint density at radius 2 is 1.64 bits per heavy atom. The zero-order valence-electron chi connectivity index (χ0n) is 14.7. The first kappa shape index (κ1) is 22.8. The summed E-state index contributed by atoms with van der Waals surface area (Å²) >= 11 is 0. The van der Waals surface area contributed by atoms with E-state index < -0.39 is 35.8 Å². The van der Waals surface area contributed by atoms with Crippen molar-refractivity contribution in [1.29, 1.82) is 0 Å². The van der Waals surface area contributed by atoms with Crippen LogP contribution in [0.4, 0.5) is 0 Å². The first-order chi connectivity index (χ1) is 11.7. The smallest absolute Gasteiger partial charge is 0.326 e. The maximum atomic E-state index is 12.1. The van der Waals surface area contributed by atoms with Gasteiger partial charge >= 0.3 is 5.97 Å². The van der Waals surface area contributed by atoms with E-state index in [4.69, 9.17) is 16.6 Å². The summed E-state index contributed by atoms with van der Waals surface area (Å²) in [4.78, 5) is 46.4. The monoisotopic (exact) mass is 359 g/mol. The quantitative estimate of drug-likeness (QED) is 0.216. The van der Waals surface area contributed by atoms with Gasteiger partial charge in [0.25, 0.3) is 0 Å². The molecule has 8 N–H and O–H groups in total. The molecule has 0 aromatic heterocycles. The van der Waals surface area contributed by atoms with Gasteiger partial charge in [-0.3, -0.25) is 14.4 Å². The molecule has 3 amide bonds. The van der Waals surface area contributed by atoms with Gasteiger partial charge in [-0.05, 0) is 31.7 Å². The lowest BCUT2D eigenvalue weighted by atomic mass is 10.0. The molecule has 0 aliphatic rings. The number of carbonyl (C=O) groups excluding carboxylic acids is 3. The van der Waals surface area contributed by atoms with E-state index in [1.165, 1.54) is 0 Å². The van der Waals surface area contributed by atoms with Gasteiger partial charge in [0.1, 0.15) is 12.1 Å². The Kier molecular flexibility index (Phi) is 11.1. The fourth-order valence-electron chi connectivity index (χ4n) is 2.04. The van der Waals surface area contributed by atoms with Crippen molar-refractivity contribution in [3.8, 4) is 0 Å². The Bertz CT molecular complexity index is 469. The fourth-order valence-corrected chi connectivity index (χ4v) is 2.04. The average molecular weight is 359 g/mol. The highest BCUT2D eigenvalue weighted by molar-refractivity contribution is 5.92. The first-order valence-electron chi connectivity index (χ1n) is 8.22. The number of carboxylic acids is 1. The van der Waals surface area contributed by atoms with Crippen molar-refractivity contribution < 1.29 is 24.3 Å². The molecule has 0 saturated carbocycles. The molecule has 10 nitrogen and oxygen atoms in total. The van der Waals surface area contributed by atoms with Crippen LogP contribution in [0.25, 0.3) is 0 Å². The van der Waals surface area contributed by atoms with Crippen molar-refractivity contribution in [2.75, 3.05) is 19.6 Å². The molecule has 0 radical (unpaired) electrons. The van der Waals surface area contributed by atoms with Gasteiger partial charge in [0.2, 0.25) is 17.7 Å². The van der Waals surface area contributed by atoms with Crippen molar-refractivity contribution in [1.82, 2.24) is 16.0 Å². The number of hydrogen-bond donors (Lipinski definition) is 6. The van der Waals surface area contributed by atoms with Crippen LogP contribution in [-0.2, 0) is 19.2 Å². The van der Waals surface area contributed by atoms with Crippen LogP contribution in [0.5, 0.6) is 0 Å². The Morgan fingerprint density at radius 1 is 1.00 bits per heavy atom. The Labute approximate surface area is 147 Å². The number of aliphatic carboxylic acids is 1. The summed E-state index contributed by atoms with van der Waals surface area (Å²) in [6.07, 6.45) is 1.49. The van der Waals surface area contributed by atoms with E-state index in [1.54, 1.807) is 13.8 Å². The highest BCUT2D eigenvalue weighted by Gasteiger charge is 2.25. The molecule has 0 aliphatic carbocycles. The van der Waals surface area contributed by atoms with E-state index >= 15 is 0 Å². The lowest BCUT2D eigenvalue weighted by molar-refractivity contribution is -0.142. The van der Waals surface area contributed by atoms with Gasteiger partial charge < -0.3 is 32.5 Å². The van der Waals surface area contributed by atoms with Crippen molar-refractivity contribution in [3.63, 3.8) is 0 Å². The van der Waals surface area contributed by atoms with Crippen LogP contribution in [0.15, 0.2) is 0 Å². The molecule has 0 saturated heterocycles. The lowest BCUT2D eigenvalue weighted by Gasteiger charge is -2.21. The summed E-state index contributed by atoms with van der Waals surface area (Å²) in [5.41, 5.74) is 10.6. The third-order valence-corrected chi connectivity index (χ3v) is 3.45. The average Bonchev–Trinajstić information content (AvgIpc) is 2.55. The van der Waals surface area contributed by atoms with Gasteiger partial charge in [0.05, 0.1) is 13.1 Å². The first-order valence-corrected chi connectivity index (χ1v) is 8.22. The highest BCUT2D eigenvalue weighted by atomic mass is 16.4. The molecule has 2 unspecified atom stereocenters. The summed E-state index contributed by atoms with van der Waals surface area (Å²) in [5, 5.41) is 16.3. The van der Waals surface area contributed by atoms with Crippen LogP contribution in [0.3, 0.4) is 0 Å². The molecular formula is C15H29N5O5. The molecule has 0 aromatic rings. The van der Waals surface area contributed by atoms with E-state index in [0.717, 1.165) is 0 Å². The molecule has 0 heterocycles. The van der Waals surface area contributed by atoms with Crippen molar-refractivity contribution >= 4 is 23.7 Å². The van der Waals surface area contributed by atoms with E-state index in [9.17, 15) is 19.2 Å². The van der Waals surface area contributed by atoms with Crippen molar-refractivity contribution in [2.24, 2.45) is 17.4 Å². The minimum absolute atomic E-state index is 0.207. The molecular weight excluding hydrogens is 330 g/mol. The maximum absolute atomic E-state index is 12.1. The van der Waals surface area contributed by atoms with Crippen LogP contribution < -0.4 is 27.4 Å². The van der Waals surface area contributed by atoms with E-state index in [0.29, 0.717) is 19.4 Å². The second-order valence-electron chi connectivity index (χ2n) is 5.95. The standard InChI is InChI=1S/C15H29N5O5/c1-9(2)13(20-11(21)7-17)14(23)18-8-12(22)19-10(15(24)25)5-3-4-6-16/h9-10,13H,3-8,16-17H2,1-2H3,(H,18,23)(H,19,22)(H,20,21)(H,24,25). The number of rotatable bonds is 12. The third-order valence-electron chi connectivity index (χ3n) is 3.45. The zero-order chi connectivity index (χ0) is 19.4. The highest BCUT2D eigenvalue weighted by Crippen LogP contribution is 2.02. The van der Waals surface area contributed by atoms with Crippen LogP contribution >= 0.6 is 0 Å². The van der Waals surface area contributed by atoms with Crippen molar-refractivity contribution in [3.05, 3.63) is 0 Å². The summed E-state index contributed by atoms with van der Waals surface area (Å²) in [6.45, 7) is 3.28. The Hall–Kier alpha value is -2.20. The summed E-state index contributed by atoms with van der Waals surface area (Å²) in [6, 6.07) is -1.86. The topological polar surface area (TPSA) is 177 Å². The van der Waals surface area contributed by atoms with Crippen LogP contribution in [0.2, 0.25) is 0 Å². The van der Waals surface area contributed by atoms with E-state index in [-0.39, 0.29) is 25.4 Å².